The van der Waals surface area contributed by atoms with Gasteiger partial charge < -0.3 is 15.2 Å². The van der Waals surface area contributed by atoms with E-state index in [9.17, 15) is 17.6 Å². The van der Waals surface area contributed by atoms with Gasteiger partial charge in [-0.1, -0.05) is 24.6 Å². The number of nitrogens with zero attached hydrogens (tertiary/aromatic N) is 1. The van der Waals surface area contributed by atoms with Gasteiger partial charge in [-0.25, -0.2) is 22.6 Å². The lowest BCUT2D eigenvalue weighted by Crippen LogP contribution is -2.46. The summed E-state index contributed by atoms with van der Waals surface area (Å²) in [7, 11) is -3.17. The molecule has 0 fully saturated rings. The number of hydrogen-bond acceptors (Lipinski definition) is 7. The second-order valence-corrected chi connectivity index (χ2v) is 8.79. The molecule has 4 N–H and O–H groups in total. The third kappa shape index (κ3) is 5.49. The van der Waals surface area contributed by atoms with Crippen molar-refractivity contribution in [2.45, 2.75) is 37.6 Å². The van der Waals surface area contributed by atoms with Crippen LogP contribution in [0.5, 0.6) is 5.88 Å². The highest BCUT2D eigenvalue weighted by Gasteiger charge is 2.34. The standard InChI is InChI=1S/C19H22ClFN4O5S/c1-9-5-6-12(21)15(10(9)2)11(3)16(17(22)30-19(23)26)25-31(27,28)13-7-8-14(20)24-18(13)29-4/h5-8,11,16,22,25H,1-4H3,(H2,23,26). The number of primary amides is 1. The number of methoxy groups -OCH3 is 1. The lowest BCUT2D eigenvalue weighted by atomic mass is 9.88. The highest BCUT2D eigenvalue weighted by molar-refractivity contribution is 7.89. The van der Waals surface area contributed by atoms with E-state index >= 15 is 0 Å². The van der Waals surface area contributed by atoms with Crippen molar-refractivity contribution < 1.29 is 27.1 Å². The van der Waals surface area contributed by atoms with Crippen LogP contribution >= 0.6 is 11.6 Å². The van der Waals surface area contributed by atoms with Crippen molar-refractivity contribution in [2.24, 2.45) is 5.73 Å². The second-order valence-electron chi connectivity index (χ2n) is 6.72. The molecule has 0 bridgehead atoms. The molecule has 168 valence electrons. The number of nitrogens with one attached hydrogen (secondary N) is 2. The smallest absolute Gasteiger partial charge is 0.411 e. The molecule has 2 aromatic rings. The maximum Gasteiger partial charge on any atom is 0.411 e. The molecule has 0 saturated carbocycles. The molecule has 0 aliphatic rings. The van der Waals surface area contributed by atoms with E-state index in [2.05, 4.69) is 14.4 Å². The molecule has 1 aromatic carbocycles. The molecule has 9 nitrogen and oxygen atoms in total. The third-order valence-electron chi connectivity index (χ3n) is 4.74. The van der Waals surface area contributed by atoms with Gasteiger partial charge in [0.1, 0.15) is 21.9 Å². The molecular formula is C19H22ClFN4O5S. The van der Waals surface area contributed by atoms with Gasteiger partial charge in [-0.2, -0.15) is 4.72 Å². The number of hydrogen-bond donors (Lipinski definition) is 3. The van der Waals surface area contributed by atoms with E-state index in [1.165, 1.54) is 26.2 Å². The monoisotopic (exact) mass is 472 g/mol. The van der Waals surface area contributed by atoms with E-state index in [1.807, 2.05) is 0 Å². The fourth-order valence-corrected chi connectivity index (χ4v) is 4.59. The van der Waals surface area contributed by atoms with Crippen molar-refractivity contribution in [1.29, 1.82) is 5.41 Å². The Kier molecular flexibility index (Phi) is 7.58. The number of nitrogens with two attached hydrogens (primary N) is 1. The minimum atomic E-state index is -4.38. The van der Waals surface area contributed by atoms with Crippen molar-refractivity contribution in [3.63, 3.8) is 0 Å². The first kappa shape index (κ1) is 24.5. The lowest BCUT2D eigenvalue weighted by molar-refractivity contribution is 0.204. The maximum atomic E-state index is 14.7. The van der Waals surface area contributed by atoms with Gasteiger partial charge >= 0.3 is 6.09 Å². The van der Waals surface area contributed by atoms with Gasteiger partial charge in [-0.15, -0.1) is 0 Å². The highest BCUT2D eigenvalue weighted by Crippen LogP contribution is 2.30. The van der Waals surface area contributed by atoms with Gasteiger partial charge in [0, 0.05) is 5.92 Å². The van der Waals surface area contributed by atoms with E-state index in [0.717, 1.165) is 11.6 Å². The number of aromatic nitrogens is 1. The van der Waals surface area contributed by atoms with Gasteiger partial charge in [0.15, 0.2) is 0 Å². The fourth-order valence-electron chi connectivity index (χ4n) is 3.07. The molecule has 0 spiro atoms. The first-order chi connectivity index (χ1) is 14.4. The normalized spacial score (nSPS) is 13.4. The van der Waals surface area contributed by atoms with Crippen LogP contribution in [0.2, 0.25) is 5.15 Å². The zero-order chi connectivity index (χ0) is 23.5. The predicted molar refractivity (Wildman–Crippen MR) is 113 cm³/mol. The van der Waals surface area contributed by atoms with Crippen molar-refractivity contribution in [1.82, 2.24) is 9.71 Å². The summed E-state index contributed by atoms with van der Waals surface area (Å²) in [5.74, 6) is -2.64. The largest absolute Gasteiger partial charge is 0.480 e. The summed E-state index contributed by atoms with van der Waals surface area (Å²) in [5, 5.41) is 8.09. The fraction of sp³-hybridized carbons (Fsp3) is 0.316. The van der Waals surface area contributed by atoms with Crippen LogP contribution in [0, 0.1) is 25.1 Å². The molecule has 0 saturated heterocycles. The molecule has 2 atom stereocenters. The molecule has 2 rings (SSSR count). The van der Waals surface area contributed by atoms with Crippen LogP contribution < -0.4 is 15.2 Å². The minimum absolute atomic E-state index is 0.00276. The van der Waals surface area contributed by atoms with E-state index in [1.54, 1.807) is 19.9 Å². The van der Waals surface area contributed by atoms with Crippen LogP contribution in [0.15, 0.2) is 29.2 Å². The number of sulfonamides is 1. The van der Waals surface area contributed by atoms with Gasteiger partial charge in [0.25, 0.3) is 0 Å². The van der Waals surface area contributed by atoms with E-state index in [-0.39, 0.29) is 21.5 Å². The number of carbonyl (C=O) groups excluding carboxylic acids is 1. The van der Waals surface area contributed by atoms with Gasteiger partial charge in [0.2, 0.25) is 21.8 Å². The summed E-state index contributed by atoms with van der Waals surface area (Å²) in [6, 6.07) is 3.75. The maximum absolute atomic E-state index is 14.7. The molecule has 0 aliphatic heterocycles. The Labute approximate surface area is 184 Å². The number of carbonyl (C=O) groups is 1. The molecule has 0 radical (unpaired) electrons. The molecule has 31 heavy (non-hydrogen) atoms. The topological polar surface area (TPSA) is 144 Å². The van der Waals surface area contributed by atoms with Crippen molar-refractivity contribution in [3.8, 4) is 5.88 Å². The molecule has 0 aliphatic carbocycles. The van der Waals surface area contributed by atoms with Crippen LogP contribution in [-0.4, -0.2) is 38.5 Å². The second kappa shape index (κ2) is 9.58. The van der Waals surface area contributed by atoms with E-state index in [0.29, 0.717) is 5.56 Å². The third-order valence-corrected chi connectivity index (χ3v) is 6.40. The van der Waals surface area contributed by atoms with Crippen molar-refractivity contribution in [2.75, 3.05) is 7.11 Å². The van der Waals surface area contributed by atoms with Crippen LogP contribution in [0.1, 0.15) is 29.5 Å². The zero-order valence-corrected chi connectivity index (χ0v) is 18.8. The SMILES string of the molecule is COc1nc(Cl)ccc1S(=O)(=O)NC(C(=N)OC(N)=O)C(C)c1c(F)ccc(C)c1C. The Bertz CT molecular complexity index is 1130. The van der Waals surface area contributed by atoms with E-state index in [4.69, 9.17) is 27.5 Å². The average Bonchev–Trinajstić information content (AvgIpc) is 2.68. The van der Waals surface area contributed by atoms with Crippen LogP contribution in [0.3, 0.4) is 0 Å². The number of amides is 1. The first-order valence-electron chi connectivity index (χ1n) is 8.93. The number of pyridine rings is 1. The highest BCUT2D eigenvalue weighted by atomic mass is 35.5. The number of halogens is 2. The van der Waals surface area contributed by atoms with E-state index < -0.39 is 39.8 Å². The summed E-state index contributed by atoms with van der Waals surface area (Å²) < 4.78 is 52.7. The Morgan fingerprint density at radius 2 is 1.94 bits per heavy atom. The number of ether oxygens (including phenoxy) is 2. The molecule has 1 aromatic heterocycles. The summed E-state index contributed by atoms with van der Waals surface area (Å²) in [5.41, 5.74) is 6.48. The van der Waals surface area contributed by atoms with Crippen LogP contribution in [-0.2, 0) is 14.8 Å². The average molecular weight is 473 g/mol. The summed E-state index contributed by atoms with van der Waals surface area (Å²) in [6.07, 6.45) is -1.31. The number of rotatable bonds is 7. The summed E-state index contributed by atoms with van der Waals surface area (Å²) in [4.78, 5) is 14.6. The number of benzene rings is 1. The van der Waals surface area contributed by atoms with Crippen LogP contribution in [0.4, 0.5) is 9.18 Å². The van der Waals surface area contributed by atoms with Crippen molar-refractivity contribution >= 4 is 33.6 Å². The molecule has 1 heterocycles. The first-order valence-corrected chi connectivity index (χ1v) is 10.8. The molecular weight excluding hydrogens is 451 g/mol. The van der Waals surface area contributed by atoms with Crippen LogP contribution in [0.25, 0.3) is 0 Å². The predicted octanol–water partition coefficient (Wildman–Crippen LogP) is 3.02. The van der Waals surface area contributed by atoms with Gasteiger partial charge in [-0.3, -0.25) is 5.41 Å². The van der Waals surface area contributed by atoms with Crippen molar-refractivity contribution in [3.05, 3.63) is 51.9 Å². The summed E-state index contributed by atoms with van der Waals surface area (Å²) >= 11 is 5.79. The Morgan fingerprint density at radius 3 is 2.52 bits per heavy atom. The molecule has 12 heteroatoms. The Hall–Kier alpha value is -2.76. The van der Waals surface area contributed by atoms with Gasteiger partial charge in [-0.05, 0) is 48.7 Å². The van der Waals surface area contributed by atoms with Gasteiger partial charge in [0.05, 0.1) is 7.11 Å². The quantitative estimate of drug-likeness (QED) is 0.321. The molecule has 1 amide bonds. The minimum Gasteiger partial charge on any atom is -0.480 e. The zero-order valence-electron chi connectivity index (χ0n) is 17.2. The molecule has 2 unspecified atom stereocenters. The Balaban J connectivity index is 2.57. The lowest BCUT2D eigenvalue weighted by Gasteiger charge is -2.27. The Morgan fingerprint density at radius 1 is 1.29 bits per heavy atom. The summed E-state index contributed by atoms with van der Waals surface area (Å²) in [6.45, 7) is 4.93. The number of aryl methyl sites for hydroxylation is 1.